The Hall–Kier alpha value is -3.69. The molecule has 3 aromatic carbocycles. The number of aromatic nitrogens is 3. The Labute approximate surface area is 210 Å². The van der Waals surface area contributed by atoms with E-state index < -0.39 is 0 Å². The van der Waals surface area contributed by atoms with Crippen LogP contribution in [0.3, 0.4) is 0 Å². The van der Waals surface area contributed by atoms with E-state index in [-0.39, 0.29) is 17.6 Å². The monoisotopic (exact) mass is 501 g/mol. The fourth-order valence-corrected chi connectivity index (χ4v) is 5.38. The number of nitrogens with zero attached hydrogens (tertiary/aromatic N) is 3. The van der Waals surface area contributed by atoms with E-state index in [0.29, 0.717) is 23.8 Å². The zero-order valence-corrected chi connectivity index (χ0v) is 20.7. The van der Waals surface area contributed by atoms with Crippen LogP contribution >= 0.6 is 23.1 Å². The molecule has 0 atom stereocenters. The van der Waals surface area contributed by atoms with Crippen LogP contribution in [0.25, 0.3) is 21.7 Å². The first-order chi connectivity index (χ1) is 17.1. The molecule has 0 saturated heterocycles. The van der Waals surface area contributed by atoms with Gasteiger partial charge in [-0.3, -0.25) is 14.9 Å². The van der Waals surface area contributed by atoms with Crippen molar-refractivity contribution in [3.8, 4) is 0 Å². The lowest BCUT2D eigenvalue weighted by Crippen LogP contribution is -2.27. The number of rotatable bonds is 8. The lowest BCUT2D eigenvalue weighted by molar-refractivity contribution is -0.113. The van der Waals surface area contributed by atoms with Crippen molar-refractivity contribution in [3.63, 3.8) is 0 Å². The van der Waals surface area contributed by atoms with Crippen molar-refractivity contribution >= 4 is 61.7 Å². The molecule has 0 aliphatic carbocycles. The third-order valence-corrected chi connectivity index (χ3v) is 7.33. The molecular weight excluding hydrogens is 478 g/mol. The molecule has 35 heavy (non-hydrogen) atoms. The summed E-state index contributed by atoms with van der Waals surface area (Å²) >= 11 is 2.83. The number of aryl methyl sites for hydroxylation is 1. The number of carbonyl (C=O) groups excluding carboxylic acids is 2. The largest absolute Gasteiger partial charge is 0.350 e. The third kappa shape index (κ3) is 5.36. The zero-order valence-electron chi connectivity index (χ0n) is 19.0. The van der Waals surface area contributed by atoms with Crippen LogP contribution < -0.4 is 10.6 Å². The molecule has 0 unspecified atom stereocenters. The fraction of sp³-hybridized carbons (Fsp3) is 0.154. The summed E-state index contributed by atoms with van der Waals surface area (Å²) in [5.74, 6) is 0.0572. The Morgan fingerprint density at radius 1 is 1.00 bits per heavy atom. The van der Waals surface area contributed by atoms with Crippen molar-refractivity contribution in [3.05, 3.63) is 83.5 Å². The van der Waals surface area contributed by atoms with E-state index in [9.17, 15) is 9.59 Å². The zero-order chi connectivity index (χ0) is 24.2. The number of carbonyl (C=O) groups is 2. The molecule has 9 heteroatoms. The smallest absolute Gasteiger partial charge is 0.251 e. The number of anilines is 1. The van der Waals surface area contributed by atoms with E-state index >= 15 is 0 Å². The first kappa shape index (κ1) is 23.1. The Kier molecular flexibility index (Phi) is 6.78. The van der Waals surface area contributed by atoms with Gasteiger partial charge in [0, 0.05) is 40.6 Å². The summed E-state index contributed by atoms with van der Waals surface area (Å²) in [7, 11) is 0. The van der Waals surface area contributed by atoms with E-state index in [0.717, 1.165) is 31.6 Å². The summed E-state index contributed by atoms with van der Waals surface area (Å²) in [4.78, 5) is 26.1. The summed E-state index contributed by atoms with van der Waals surface area (Å²) in [5, 5.41) is 18.2. The molecule has 0 aliphatic rings. The maximum absolute atomic E-state index is 12.7. The normalized spacial score (nSPS) is 11.1. The van der Waals surface area contributed by atoms with Gasteiger partial charge >= 0.3 is 0 Å². The SMILES string of the molecule is Cc1nnc(NC(=O)CSc2cn(CCNC(=O)c3ccc4ccccc4c3)c3ccccc23)s1. The minimum atomic E-state index is -0.120. The van der Waals surface area contributed by atoms with Crippen LogP contribution in [0.4, 0.5) is 5.13 Å². The summed E-state index contributed by atoms with van der Waals surface area (Å²) in [6.07, 6.45) is 2.04. The maximum Gasteiger partial charge on any atom is 0.251 e. The number of fused-ring (bicyclic) bond motifs is 2. The van der Waals surface area contributed by atoms with Crippen molar-refractivity contribution in [2.45, 2.75) is 18.4 Å². The summed E-state index contributed by atoms with van der Waals surface area (Å²) in [6.45, 7) is 2.96. The van der Waals surface area contributed by atoms with Crippen molar-refractivity contribution in [1.29, 1.82) is 0 Å². The topological polar surface area (TPSA) is 88.9 Å². The van der Waals surface area contributed by atoms with Crippen LogP contribution in [0, 0.1) is 6.92 Å². The minimum absolute atomic E-state index is 0.0922. The van der Waals surface area contributed by atoms with Gasteiger partial charge in [0.2, 0.25) is 11.0 Å². The average molecular weight is 502 g/mol. The molecule has 0 saturated carbocycles. The van der Waals surface area contributed by atoms with Gasteiger partial charge in [0.05, 0.1) is 5.75 Å². The van der Waals surface area contributed by atoms with Gasteiger partial charge in [0.15, 0.2) is 0 Å². The van der Waals surface area contributed by atoms with E-state index in [4.69, 9.17) is 0 Å². The van der Waals surface area contributed by atoms with E-state index in [2.05, 4.69) is 31.5 Å². The van der Waals surface area contributed by atoms with Crippen molar-refractivity contribution in [1.82, 2.24) is 20.1 Å². The van der Waals surface area contributed by atoms with Gasteiger partial charge in [-0.05, 0) is 35.9 Å². The Morgan fingerprint density at radius 2 is 1.80 bits per heavy atom. The van der Waals surface area contributed by atoms with Gasteiger partial charge in [-0.15, -0.1) is 22.0 Å². The quantitative estimate of drug-likeness (QED) is 0.288. The van der Waals surface area contributed by atoms with E-state index in [1.807, 2.05) is 73.8 Å². The van der Waals surface area contributed by atoms with Gasteiger partial charge in [-0.1, -0.05) is 59.9 Å². The maximum atomic E-state index is 12.7. The number of amides is 2. The molecule has 5 aromatic rings. The number of hydrogen-bond acceptors (Lipinski definition) is 6. The molecule has 7 nitrogen and oxygen atoms in total. The molecule has 2 heterocycles. The second-order valence-electron chi connectivity index (χ2n) is 7.98. The highest BCUT2D eigenvalue weighted by Crippen LogP contribution is 2.30. The van der Waals surface area contributed by atoms with Crippen LogP contribution in [0.2, 0.25) is 0 Å². The molecule has 0 spiro atoms. The summed E-state index contributed by atoms with van der Waals surface area (Å²) in [5.41, 5.74) is 1.71. The second-order valence-corrected chi connectivity index (χ2v) is 10.2. The number of benzene rings is 3. The molecule has 0 radical (unpaired) electrons. The highest BCUT2D eigenvalue weighted by molar-refractivity contribution is 8.00. The first-order valence-electron chi connectivity index (χ1n) is 11.1. The van der Waals surface area contributed by atoms with Crippen LogP contribution in [0.1, 0.15) is 15.4 Å². The van der Waals surface area contributed by atoms with E-state index in [1.165, 1.54) is 23.1 Å². The standard InChI is InChI=1S/C26H23N5O2S2/c1-17-29-30-26(35-17)28-24(32)16-34-23-15-31(22-9-5-4-8-21(22)23)13-12-27-25(33)20-11-10-18-6-2-3-7-19(18)14-20/h2-11,14-15H,12-13,16H2,1H3,(H,27,33)(H,28,30,32). The van der Waals surface area contributed by atoms with E-state index in [1.54, 1.807) is 0 Å². The number of para-hydroxylation sites is 1. The molecule has 2 aromatic heterocycles. The molecule has 2 N–H and O–H groups in total. The number of nitrogens with one attached hydrogen (secondary N) is 2. The highest BCUT2D eigenvalue weighted by atomic mass is 32.2. The van der Waals surface area contributed by atoms with Crippen molar-refractivity contribution in [2.75, 3.05) is 17.6 Å². The van der Waals surface area contributed by atoms with Crippen molar-refractivity contribution < 1.29 is 9.59 Å². The molecule has 5 rings (SSSR count). The molecule has 0 fully saturated rings. The van der Waals surface area contributed by atoms with Gasteiger partial charge < -0.3 is 9.88 Å². The minimum Gasteiger partial charge on any atom is -0.350 e. The number of hydrogen-bond donors (Lipinski definition) is 2. The lowest BCUT2D eigenvalue weighted by atomic mass is 10.1. The Bertz CT molecular complexity index is 1520. The molecule has 2 amide bonds. The number of thioether (sulfide) groups is 1. The van der Waals surface area contributed by atoms with Crippen LogP contribution in [0.5, 0.6) is 0 Å². The molecule has 0 aliphatic heterocycles. The Morgan fingerprint density at radius 3 is 2.63 bits per heavy atom. The first-order valence-corrected chi connectivity index (χ1v) is 12.9. The van der Waals surface area contributed by atoms with Crippen LogP contribution in [0.15, 0.2) is 77.8 Å². The van der Waals surface area contributed by atoms with Crippen LogP contribution in [-0.4, -0.2) is 38.9 Å². The van der Waals surface area contributed by atoms with Gasteiger partial charge in [0.1, 0.15) is 5.01 Å². The second kappa shape index (κ2) is 10.3. The molecule has 0 bridgehead atoms. The van der Waals surface area contributed by atoms with Gasteiger partial charge in [-0.25, -0.2) is 0 Å². The molecule has 176 valence electrons. The summed E-state index contributed by atoms with van der Waals surface area (Å²) < 4.78 is 2.12. The van der Waals surface area contributed by atoms with Gasteiger partial charge in [-0.2, -0.15) is 0 Å². The van der Waals surface area contributed by atoms with Gasteiger partial charge in [0.25, 0.3) is 5.91 Å². The predicted octanol–water partition coefficient (Wildman–Crippen LogP) is 5.12. The average Bonchev–Trinajstić information content (AvgIpc) is 3.45. The van der Waals surface area contributed by atoms with Crippen LogP contribution in [-0.2, 0) is 11.3 Å². The third-order valence-electron chi connectivity index (χ3n) is 5.53. The fourth-order valence-electron chi connectivity index (χ4n) is 3.88. The predicted molar refractivity (Wildman–Crippen MR) is 142 cm³/mol. The highest BCUT2D eigenvalue weighted by Gasteiger charge is 2.13. The molecular formula is C26H23N5O2S2. The Balaban J connectivity index is 1.22. The lowest BCUT2D eigenvalue weighted by Gasteiger charge is -2.08. The van der Waals surface area contributed by atoms with Crippen molar-refractivity contribution in [2.24, 2.45) is 0 Å². The summed E-state index contributed by atoms with van der Waals surface area (Å²) in [6, 6.07) is 21.8.